The van der Waals surface area contributed by atoms with Gasteiger partial charge in [0.2, 0.25) is 0 Å². The van der Waals surface area contributed by atoms with Crippen molar-refractivity contribution in [3.63, 3.8) is 0 Å². The van der Waals surface area contributed by atoms with E-state index in [4.69, 9.17) is 4.42 Å². The van der Waals surface area contributed by atoms with E-state index in [2.05, 4.69) is 17.2 Å². The fourth-order valence-corrected chi connectivity index (χ4v) is 2.46. The van der Waals surface area contributed by atoms with Crippen LogP contribution in [0.4, 0.5) is 0 Å². The average Bonchev–Trinajstić information content (AvgIpc) is 3.00. The molecule has 0 saturated heterocycles. The number of carbonyl (C=O) groups is 2. The lowest BCUT2D eigenvalue weighted by Gasteiger charge is -2.29. The van der Waals surface area contributed by atoms with E-state index in [-0.39, 0.29) is 12.2 Å². The van der Waals surface area contributed by atoms with Gasteiger partial charge in [0.05, 0.1) is 33.7 Å². The maximum absolute atomic E-state index is 12.3. The Morgan fingerprint density at radius 1 is 1.12 bits per heavy atom. The van der Waals surface area contributed by atoms with Crippen molar-refractivity contribution in [3.8, 4) is 11.8 Å². The van der Waals surface area contributed by atoms with Crippen LogP contribution in [-0.2, 0) is 4.79 Å². The maximum Gasteiger partial charge on any atom is 0.287 e. The minimum atomic E-state index is -1.21. The van der Waals surface area contributed by atoms with Crippen molar-refractivity contribution < 1.29 is 23.6 Å². The van der Waals surface area contributed by atoms with E-state index in [9.17, 15) is 14.7 Å². The molecule has 1 amide bonds. The molecule has 6 heteroatoms. The number of amides is 1. The summed E-state index contributed by atoms with van der Waals surface area (Å²) >= 11 is 0. The van der Waals surface area contributed by atoms with Crippen LogP contribution in [-0.4, -0.2) is 50.1 Å². The van der Waals surface area contributed by atoms with Crippen molar-refractivity contribution in [2.45, 2.75) is 12.5 Å². The number of aliphatic carboxylic acids is 1. The first-order valence-electron chi connectivity index (χ1n) is 8.21. The number of nitrogens with one attached hydrogen (secondary N) is 1. The van der Waals surface area contributed by atoms with Crippen LogP contribution in [0.2, 0.25) is 0 Å². The monoisotopic (exact) mass is 354 g/mol. The summed E-state index contributed by atoms with van der Waals surface area (Å²) < 4.78 is 5.95. The van der Waals surface area contributed by atoms with Gasteiger partial charge < -0.3 is 24.1 Å². The number of carboxylic acid groups (broad SMARTS) is 1. The number of hydrogen-bond acceptors (Lipinski definition) is 4. The zero-order valence-corrected chi connectivity index (χ0v) is 15.1. The summed E-state index contributed by atoms with van der Waals surface area (Å²) in [4.78, 5) is 23.3. The highest BCUT2D eigenvalue weighted by Crippen LogP contribution is 2.09. The normalized spacial score (nSPS) is 12.0. The smallest absolute Gasteiger partial charge is 0.287 e. The molecule has 1 heterocycles. The van der Waals surface area contributed by atoms with Gasteiger partial charge in [-0.3, -0.25) is 4.79 Å². The topological polar surface area (TPSA) is 82.4 Å². The number of hydrogen-bond donors (Lipinski definition) is 1. The number of benzene rings is 1. The van der Waals surface area contributed by atoms with E-state index >= 15 is 0 Å². The van der Waals surface area contributed by atoms with Crippen molar-refractivity contribution in [1.82, 2.24) is 5.32 Å². The number of likely N-dealkylation sites (N-methyl/N-ethyl adjacent to an activating group) is 1. The van der Waals surface area contributed by atoms with Gasteiger partial charge in [-0.05, 0) is 30.2 Å². The van der Waals surface area contributed by atoms with Crippen LogP contribution in [0, 0.1) is 11.8 Å². The lowest BCUT2D eigenvalue weighted by Crippen LogP contribution is -2.50. The van der Waals surface area contributed by atoms with E-state index < -0.39 is 17.9 Å². The van der Waals surface area contributed by atoms with Gasteiger partial charge in [0.25, 0.3) is 5.91 Å². The molecule has 0 fully saturated rings. The minimum absolute atomic E-state index is 0.0899. The number of carboxylic acids is 1. The Bertz CT molecular complexity index is 823. The summed E-state index contributed by atoms with van der Waals surface area (Å²) in [7, 11) is 5.75. The predicted octanol–water partition coefficient (Wildman–Crippen LogP) is 0.624. The van der Waals surface area contributed by atoms with Gasteiger partial charge >= 0.3 is 0 Å². The molecule has 1 aromatic carbocycles. The van der Waals surface area contributed by atoms with Gasteiger partial charge in [0.15, 0.2) is 11.5 Å². The molecule has 2 rings (SSSR count). The highest BCUT2D eigenvalue weighted by molar-refractivity contribution is 5.92. The second-order valence-electron chi connectivity index (χ2n) is 7.00. The van der Waals surface area contributed by atoms with E-state index in [0.717, 1.165) is 5.56 Å². The maximum atomic E-state index is 12.3. The summed E-state index contributed by atoms with van der Waals surface area (Å²) in [6.45, 7) is 0.446. The van der Waals surface area contributed by atoms with Crippen LogP contribution in [0.3, 0.4) is 0 Å². The minimum Gasteiger partial charge on any atom is -0.550 e. The standard InChI is InChI=1S/C20H22N2O4/c1-22(2,3)14-16(13-19(23)24)21-20(25)18-12-11-17(26-18)10-9-15-7-5-4-6-8-15/h4-8,11-12,16H,13-14H2,1-3H3,(H-,21,23,24,25)/t16-/m1/s1. The summed E-state index contributed by atoms with van der Waals surface area (Å²) in [6.07, 6.45) is -0.261. The fourth-order valence-electron chi connectivity index (χ4n) is 2.46. The zero-order valence-electron chi connectivity index (χ0n) is 15.1. The first kappa shape index (κ1) is 19.3. The van der Waals surface area contributed by atoms with Gasteiger partial charge in [-0.2, -0.15) is 0 Å². The fraction of sp³-hybridized carbons (Fsp3) is 0.300. The molecular weight excluding hydrogens is 332 g/mol. The largest absolute Gasteiger partial charge is 0.550 e. The molecule has 136 valence electrons. The Balaban J connectivity index is 2.06. The predicted molar refractivity (Wildman–Crippen MR) is 94.9 cm³/mol. The van der Waals surface area contributed by atoms with Crippen molar-refractivity contribution in [2.75, 3.05) is 27.7 Å². The number of furan rings is 1. The second kappa shape index (κ2) is 8.37. The molecule has 0 bridgehead atoms. The molecule has 26 heavy (non-hydrogen) atoms. The third kappa shape index (κ3) is 6.46. The Hall–Kier alpha value is -3.04. The number of quaternary nitrogens is 1. The van der Waals surface area contributed by atoms with Gasteiger partial charge in [-0.25, -0.2) is 0 Å². The molecule has 0 aliphatic rings. The molecule has 0 saturated carbocycles. The first-order valence-corrected chi connectivity index (χ1v) is 8.21. The van der Waals surface area contributed by atoms with Crippen molar-refractivity contribution in [2.24, 2.45) is 0 Å². The second-order valence-corrected chi connectivity index (χ2v) is 7.00. The Morgan fingerprint density at radius 2 is 1.81 bits per heavy atom. The number of nitrogens with zero attached hydrogens (tertiary/aromatic N) is 1. The quantitative estimate of drug-likeness (QED) is 0.609. The zero-order chi connectivity index (χ0) is 19.2. The van der Waals surface area contributed by atoms with Crippen molar-refractivity contribution in [3.05, 3.63) is 59.5 Å². The van der Waals surface area contributed by atoms with Gasteiger partial charge in [0.1, 0.15) is 0 Å². The SMILES string of the molecule is C[N+](C)(C)C[C@@H](CC(=O)[O-])NC(=O)c1ccc(C#Cc2ccccc2)o1. The summed E-state index contributed by atoms with van der Waals surface area (Å²) in [6, 6.07) is 12.0. The molecule has 0 spiro atoms. The third-order valence-corrected chi connectivity index (χ3v) is 3.45. The van der Waals surface area contributed by atoms with Gasteiger partial charge in [-0.15, -0.1) is 0 Å². The van der Waals surface area contributed by atoms with Gasteiger partial charge in [0, 0.05) is 18.0 Å². The lowest BCUT2D eigenvalue weighted by atomic mass is 10.2. The first-order chi connectivity index (χ1) is 12.2. The Morgan fingerprint density at radius 3 is 2.42 bits per heavy atom. The van der Waals surface area contributed by atoms with Crippen LogP contribution >= 0.6 is 0 Å². The molecule has 0 radical (unpaired) electrons. The summed E-state index contributed by atoms with van der Waals surface area (Å²) in [5.74, 6) is 4.57. The molecule has 1 aromatic heterocycles. The molecule has 0 unspecified atom stereocenters. The molecular formula is C20H22N2O4. The molecule has 0 aliphatic heterocycles. The summed E-state index contributed by atoms with van der Waals surface area (Å²) in [5, 5.41) is 13.6. The lowest BCUT2D eigenvalue weighted by molar-refractivity contribution is -0.871. The van der Waals surface area contributed by atoms with Gasteiger partial charge in [-0.1, -0.05) is 24.1 Å². The van der Waals surface area contributed by atoms with E-state index in [0.29, 0.717) is 16.8 Å². The highest BCUT2D eigenvalue weighted by atomic mass is 16.4. The molecule has 0 aliphatic carbocycles. The van der Waals surface area contributed by atoms with E-state index in [1.54, 1.807) is 6.07 Å². The summed E-state index contributed by atoms with van der Waals surface area (Å²) in [5.41, 5.74) is 0.840. The Labute approximate surface area is 153 Å². The van der Waals surface area contributed by atoms with Crippen LogP contribution in [0.1, 0.15) is 28.3 Å². The van der Waals surface area contributed by atoms with Crippen LogP contribution < -0.4 is 10.4 Å². The van der Waals surface area contributed by atoms with Crippen LogP contribution in [0.15, 0.2) is 46.9 Å². The van der Waals surface area contributed by atoms with Crippen LogP contribution in [0.25, 0.3) is 0 Å². The van der Waals surface area contributed by atoms with Crippen molar-refractivity contribution in [1.29, 1.82) is 0 Å². The average molecular weight is 354 g/mol. The van der Waals surface area contributed by atoms with Crippen molar-refractivity contribution >= 4 is 11.9 Å². The highest BCUT2D eigenvalue weighted by Gasteiger charge is 2.22. The van der Waals surface area contributed by atoms with Crippen LogP contribution in [0.5, 0.6) is 0 Å². The Kier molecular flexibility index (Phi) is 6.21. The van der Waals surface area contributed by atoms with E-state index in [1.165, 1.54) is 6.07 Å². The van der Waals surface area contributed by atoms with E-state index in [1.807, 2.05) is 51.5 Å². The number of carbonyl (C=O) groups excluding carboxylic acids is 2. The molecule has 1 N–H and O–H groups in total. The number of rotatable bonds is 6. The molecule has 1 atom stereocenters. The molecule has 6 nitrogen and oxygen atoms in total. The third-order valence-electron chi connectivity index (χ3n) is 3.45. The molecule has 2 aromatic rings.